The fourth-order valence-corrected chi connectivity index (χ4v) is 5.02. The molecular weight excluding hydrogens is 356 g/mol. The van der Waals surface area contributed by atoms with Crippen LogP contribution in [0, 0.1) is 6.92 Å². The summed E-state index contributed by atoms with van der Waals surface area (Å²) in [5, 5.41) is 9.37. The molecule has 1 fully saturated rings. The maximum absolute atomic E-state index is 12.9. The predicted octanol–water partition coefficient (Wildman–Crippen LogP) is 2.10. The largest absolute Gasteiger partial charge is 0.480 e. The third-order valence-electron chi connectivity index (χ3n) is 4.81. The second-order valence-corrected chi connectivity index (χ2v) is 8.32. The van der Waals surface area contributed by atoms with Crippen LogP contribution < -0.4 is 0 Å². The van der Waals surface area contributed by atoms with Crippen LogP contribution in [0.3, 0.4) is 0 Å². The van der Waals surface area contributed by atoms with Crippen molar-refractivity contribution in [2.75, 3.05) is 19.6 Å². The van der Waals surface area contributed by atoms with Gasteiger partial charge in [0.05, 0.1) is 4.90 Å². The number of amides is 1. The lowest BCUT2D eigenvalue weighted by Crippen LogP contribution is -2.48. The van der Waals surface area contributed by atoms with Crippen molar-refractivity contribution >= 4 is 21.9 Å². The van der Waals surface area contributed by atoms with E-state index in [1.807, 2.05) is 0 Å². The Bertz CT molecular complexity index is 787. The van der Waals surface area contributed by atoms with Gasteiger partial charge in [-0.15, -0.1) is 0 Å². The lowest BCUT2D eigenvalue weighted by Gasteiger charge is -2.33. The molecule has 0 saturated carbocycles. The van der Waals surface area contributed by atoms with Crippen molar-refractivity contribution in [3.05, 3.63) is 29.3 Å². The van der Waals surface area contributed by atoms with Crippen LogP contribution in [0.5, 0.6) is 0 Å². The lowest BCUT2D eigenvalue weighted by atomic mass is 10.0. The van der Waals surface area contributed by atoms with Crippen molar-refractivity contribution in [1.82, 2.24) is 9.21 Å². The Morgan fingerprint density at radius 1 is 1.23 bits per heavy atom. The number of piperidine rings is 1. The van der Waals surface area contributed by atoms with Gasteiger partial charge in [-0.2, -0.15) is 4.31 Å². The topological polar surface area (TPSA) is 95.0 Å². The first-order chi connectivity index (χ1) is 12.2. The number of carbonyl (C=O) groups is 2. The second-order valence-electron chi connectivity index (χ2n) is 6.42. The normalized spacial score (nSPS) is 18.2. The van der Waals surface area contributed by atoms with Crippen LogP contribution in [0.1, 0.15) is 49.0 Å². The van der Waals surface area contributed by atoms with Gasteiger partial charge in [0.2, 0.25) is 10.0 Å². The molecule has 0 aromatic heterocycles. The molecule has 1 aliphatic rings. The summed E-state index contributed by atoms with van der Waals surface area (Å²) in [7, 11) is -3.70. The van der Waals surface area contributed by atoms with E-state index in [0.717, 1.165) is 12.8 Å². The standard InChI is InChI=1S/C18H26N2O5S/c1-4-19(5-2)26(24,25)16-12-14(10-9-13(16)3)17(21)20-11-7-6-8-15(20)18(22)23/h9-10,12,15H,4-8,11H2,1-3H3,(H,22,23)/t15-/m1/s1. The Balaban J connectivity index is 2.43. The summed E-state index contributed by atoms with van der Waals surface area (Å²) in [6, 6.07) is 3.68. The molecule has 1 saturated heterocycles. The number of rotatable bonds is 6. The van der Waals surface area contributed by atoms with Gasteiger partial charge in [-0.3, -0.25) is 4.79 Å². The van der Waals surface area contributed by atoms with E-state index in [1.165, 1.54) is 15.3 Å². The van der Waals surface area contributed by atoms with Gasteiger partial charge >= 0.3 is 5.97 Å². The zero-order valence-electron chi connectivity index (χ0n) is 15.4. The van der Waals surface area contributed by atoms with Gasteiger partial charge in [0.1, 0.15) is 6.04 Å². The molecule has 1 heterocycles. The van der Waals surface area contributed by atoms with E-state index >= 15 is 0 Å². The van der Waals surface area contributed by atoms with E-state index in [-0.39, 0.29) is 10.5 Å². The molecule has 0 bridgehead atoms. The summed E-state index contributed by atoms with van der Waals surface area (Å²) in [5.74, 6) is -1.46. The van der Waals surface area contributed by atoms with Crippen LogP contribution in [0.25, 0.3) is 0 Å². The lowest BCUT2D eigenvalue weighted by molar-refractivity contribution is -0.143. The fraction of sp³-hybridized carbons (Fsp3) is 0.556. The summed E-state index contributed by atoms with van der Waals surface area (Å²) in [4.78, 5) is 25.8. The number of carboxylic acid groups (broad SMARTS) is 1. The maximum atomic E-state index is 12.9. The van der Waals surface area contributed by atoms with E-state index < -0.39 is 27.9 Å². The molecule has 144 valence electrons. The minimum absolute atomic E-state index is 0.0935. The molecule has 1 aliphatic heterocycles. The van der Waals surface area contributed by atoms with Crippen molar-refractivity contribution in [2.24, 2.45) is 0 Å². The fourth-order valence-electron chi connectivity index (χ4n) is 3.31. The molecule has 0 unspecified atom stereocenters. The van der Waals surface area contributed by atoms with Crippen LogP contribution in [-0.4, -0.2) is 60.3 Å². The van der Waals surface area contributed by atoms with Gasteiger partial charge in [-0.1, -0.05) is 19.9 Å². The number of aliphatic carboxylic acids is 1. The predicted molar refractivity (Wildman–Crippen MR) is 97.6 cm³/mol. The average Bonchev–Trinajstić information content (AvgIpc) is 2.62. The Labute approximate surface area is 154 Å². The first-order valence-electron chi connectivity index (χ1n) is 8.88. The molecule has 1 atom stereocenters. The van der Waals surface area contributed by atoms with Crippen LogP contribution >= 0.6 is 0 Å². The molecule has 0 aliphatic carbocycles. The number of nitrogens with zero attached hydrogens (tertiary/aromatic N) is 2. The number of hydrogen-bond acceptors (Lipinski definition) is 4. The molecule has 0 spiro atoms. The summed E-state index contributed by atoms with van der Waals surface area (Å²) in [6.07, 6.45) is 1.92. The number of likely N-dealkylation sites (tertiary alicyclic amines) is 1. The van der Waals surface area contributed by atoms with E-state index in [4.69, 9.17) is 0 Å². The summed E-state index contributed by atoms with van der Waals surface area (Å²) in [5.41, 5.74) is 0.761. The van der Waals surface area contributed by atoms with E-state index in [1.54, 1.807) is 32.9 Å². The Morgan fingerprint density at radius 3 is 2.46 bits per heavy atom. The van der Waals surface area contributed by atoms with Gasteiger partial charge in [-0.25, -0.2) is 13.2 Å². The van der Waals surface area contributed by atoms with E-state index in [2.05, 4.69) is 0 Å². The summed E-state index contributed by atoms with van der Waals surface area (Å²) >= 11 is 0. The van der Waals surface area contributed by atoms with Crippen LogP contribution in [0.4, 0.5) is 0 Å². The minimum atomic E-state index is -3.70. The quantitative estimate of drug-likeness (QED) is 0.813. The van der Waals surface area contributed by atoms with Crippen molar-refractivity contribution < 1.29 is 23.1 Å². The van der Waals surface area contributed by atoms with Crippen molar-refractivity contribution in [3.63, 3.8) is 0 Å². The van der Waals surface area contributed by atoms with Gasteiger partial charge in [0.25, 0.3) is 5.91 Å². The second kappa shape index (κ2) is 8.18. The average molecular weight is 382 g/mol. The smallest absolute Gasteiger partial charge is 0.326 e. The molecule has 1 amide bonds. The SMILES string of the molecule is CCN(CC)S(=O)(=O)c1cc(C(=O)N2CCCC[C@@H]2C(=O)O)ccc1C. The maximum Gasteiger partial charge on any atom is 0.326 e. The third-order valence-corrected chi connectivity index (χ3v) is 7.00. The molecule has 26 heavy (non-hydrogen) atoms. The third kappa shape index (κ3) is 3.91. The Hall–Kier alpha value is -1.93. The summed E-state index contributed by atoms with van der Waals surface area (Å²) < 4.78 is 27.0. The monoisotopic (exact) mass is 382 g/mol. The first kappa shape index (κ1) is 20.4. The highest BCUT2D eigenvalue weighted by atomic mass is 32.2. The number of carbonyl (C=O) groups excluding carboxylic acids is 1. The Morgan fingerprint density at radius 2 is 1.88 bits per heavy atom. The number of aryl methyl sites for hydroxylation is 1. The van der Waals surface area contributed by atoms with Crippen LogP contribution in [0.2, 0.25) is 0 Å². The molecule has 1 aromatic carbocycles. The molecule has 0 radical (unpaired) electrons. The number of hydrogen-bond donors (Lipinski definition) is 1. The van der Waals surface area contributed by atoms with E-state index in [0.29, 0.717) is 31.6 Å². The molecule has 8 heteroatoms. The highest BCUT2D eigenvalue weighted by molar-refractivity contribution is 7.89. The molecule has 1 N–H and O–H groups in total. The van der Waals surface area contributed by atoms with Gasteiger partial charge in [0.15, 0.2) is 0 Å². The zero-order chi connectivity index (χ0) is 19.5. The molecular formula is C18H26N2O5S. The summed E-state index contributed by atoms with van der Waals surface area (Å²) in [6.45, 7) is 6.24. The molecule has 1 aromatic rings. The van der Waals surface area contributed by atoms with Gasteiger partial charge in [-0.05, 0) is 43.9 Å². The van der Waals surface area contributed by atoms with Crippen molar-refractivity contribution in [2.45, 2.75) is 51.0 Å². The molecule has 7 nitrogen and oxygen atoms in total. The van der Waals surface area contributed by atoms with Crippen LogP contribution in [-0.2, 0) is 14.8 Å². The zero-order valence-corrected chi connectivity index (χ0v) is 16.3. The highest BCUT2D eigenvalue weighted by Gasteiger charge is 2.33. The van der Waals surface area contributed by atoms with Gasteiger partial charge < -0.3 is 10.0 Å². The number of carboxylic acids is 1. The highest BCUT2D eigenvalue weighted by Crippen LogP contribution is 2.24. The van der Waals surface area contributed by atoms with Crippen molar-refractivity contribution in [3.8, 4) is 0 Å². The Kier molecular flexibility index (Phi) is 6.41. The van der Waals surface area contributed by atoms with E-state index in [9.17, 15) is 23.1 Å². The van der Waals surface area contributed by atoms with Crippen molar-refractivity contribution in [1.29, 1.82) is 0 Å². The minimum Gasteiger partial charge on any atom is -0.480 e. The van der Waals surface area contributed by atoms with Gasteiger partial charge in [0, 0.05) is 25.2 Å². The number of sulfonamides is 1. The molecule has 2 rings (SSSR count). The first-order valence-corrected chi connectivity index (χ1v) is 10.3. The van der Waals surface area contributed by atoms with Crippen LogP contribution in [0.15, 0.2) is 23.1 Å². The number of benzene rings is 1.